The number of anilines is 6. The average molecular weight is 696 g/mol. The van der Waals surface area contributed by atoms with Gasteiger partial charge in [0.05, 0.1) is 39.2 Å². The lowest BCUT2D eigenvalue weighted by molar-refractivity contribution is 0.446. The molecule has 54 heavy (non-hydrogen) atoms. The quantitative estimate of drug-likeness (QED) is 0.183. The number of para-hydroxylation sites is 7. The monoisotopic (exact) mass is 695 g/mol. The highest BCUT2D eigenvalue weighted by atomic mass is 16.5. The van der Waals surface area contributed by atoms with Crippen LogP contribution in [-0.4, -0.2) is 4.57 Å². The summed E-state index contributed by atoms with van der Waals surface area (Å²) in [6.45, 7) is 0. The third-order valence-electron chi connectivity index (χ3n) is 10.7. The fraction of sp³-hybridized carbons (Fsp3) is 0. The number of furan rings is 1. The fourth-order valence-electron chi connectivity index (χ4n) is 8.46. The standard InChI is InChI=1S/C48H29N3O3/c1-2-13-30(14-3-1)50-36-17-6-4-15-33(36)35-27-31(25-26-37(35)50)49(40-20-12-24-44-47(40)34-16-5-9-21-41(34)52-44)32-28-45-48-46(29-32)54-43-23-11-8-19-39(43)51(48)38-18-7-10-22-42(38)53-45/h1-29H. The molecule has 0 bridgehead atoms. The van der Waals surface area contributed by atoms with E-state index in [-0.39, 0.29) is 0 Å². The fourth-order valence-corrected chi connectivity index (χ4v) is 8.46. The molecular formula is C48H29N3O3. The molecule has 4 heterocycles. The summed E-state index contributed by atoms with van der Waals surface area (Å²) < 4.78 is 22.3. The van der Waals surface area contributed by atoms with Gasteiger partial charge >= 0.3 is 0 Å². The second-order valence-corrected chi connectivity index (χ2v) is 13.7. The van der Waals surface area contributed by atoms with E-state index >= 15 is 0 Å². The van der Waals surface area contributed by atoms with E-state index in [9.17, 15) is 0 Å². The molecule has 6 nitrogen and oxygen atoms in total. The molecule has 254 valence electrons. The van der Waals surface area contributed by atoms with Crippen molar-refractivity contribution in [1.82, 2.24) is 4.57 Å². The second kappa shape index (κ2) is 11.0. The average Bonchev–Trinajstić information content (AvgIpc) is 3.77. The highest BCUT2D eigenvalue weighted by molar-refractivity contribution is 6.15. The molecule has 10 aromatic rings. The molecule has 8 aromatic carbocycles. The molecule has 0 aliphatic carbocycles. The van der Waals surface area contributed by atoms with Crippen LogP contribution in [0.4, 0.5) is 34.1 Å². The maximum absolute atomic E-state index is 6.75. The largest absolute Gasteiger partial charge is 0.456 e. The van der Waals surface area contributed by atoms with E-state index in [0.717, 1.165) is 89.7 Å². The first-order chi connectivity index (χ1) is 26.8. The number of hydrogen-bond donors (Lipinski definition) is 0. The molecule has 0 saturated carbocycles. The van der Waals surface area contributed by atoms with Crippen molar-refractivity contribution in [1.29, 1.82) is 0 Å². The summed E-state index contributed by atoms with van der Waals surface area (Å²) in [5, 5.41) is 4.42. The molecule has 0 N–H and O–H groups in total. The Bertz CT molecular complexity index is 3070. The number of ether oxygens (including phenoxy) is 2. The van der Waals surface area contributed by atoms with Crippen molar-refractivity contribution in [3.63, 3.8) is 0 Å². The Morgan fingerprint density at radius 1 is 0.426 bits per heavy atom. The van der Waals surface area contributed by atoms with Crippen LogP contribution in [0.15, 0.2) is 180 Å². The van der Waals surface area contributed by atoms with Crippen molar-refractivity contribution in [2.24, 2.45) is 0 Å². The third-order valence-corrected chi connectivity index (χ3v) is 10.7. The van der Waals surface area contributed by atoms with Gasteiger partial charge in [0.1, 0.15) is 16.9 Å². The van der Waals surface area contributed by atoms with Gasteiger partial charge in [-0.05, 0) is 78.9 Å². The number of nitrogens with zero attached hydrogens (tertiary/aromatic N) is 3. The first kappa shape index (κ1) is 29.2. The van der Waals surface area contributed by atoms with Gasteiger partial charge in [0, 0.05) is 39.7 Å². The van der Waals surface area contributed by atoms with Crippen LogP contribution in [0.3, 0.4) is 0 Å². The second-order valence-electron chi connectivity index (χ2n) is 13.7. The molecular weight excluding hydrogens is 667 g/mol. The third kappa shape index (κ3) is 4.10. The molecule has 0 spiro atoms. The van der Waals surface area contributed by atoms with Gasteiger partial charge in [0.15, 0.2) is 23.0 Å². The zero-order valence-corrected chi connectivity index (χ0v) is 28.8. The lowest BCUT2D eigenvalue weighted by Gasteiger charge is -2.38. The van der Waals surface area contributed by atoms with Crippen molar-refractivity contribution in [3.05, 3.63) is 176 Å². The Labute approximate surface area is 309 Å². The van der Waals surface area contributed by atoms with Gasteiger partial charge < -0.3 is 23.4 Å². The van der Waals surface area contributed by atoms with E-state index in [1.807, 2.05) is 54.6 Å². The summed E-state index contributed by atoms with van der Waals surface area (Å²) in [6, 6.07) is 61.1. The molecule has 6 heteroatoms. The summed E-state index contributed by atoms with van der Waals surface area (Å²) in [6.07, 6.45) is 0. The Kier molecular flexibility index (Phi) is 5.96. The molecule has 0 atom stereocenters. The van der Waals surface area contributed by atoms with Crippen LogP contribution in [0.5, 0.6) is 23.0 Å². The Hall–Kier alpha value is -7.44. The zero-order valence-electron chi connectivity index (χ0n) is 28.8. The Morgan fingerprint density at radius 2 is 1.06 bits per heavy atom. The Morgan fingerprint density at radius 3 is 1.83 bits per heavy atom. The Balaban J connectivity index is 1.15. The van der Waals surface area contributed by atoms with Crippen LogP contribution in [0.2, 0.25) is 0 Å². The van der Waals surface area contributed by atoms with Gasteiger partial charge in [-0.3, -0.25) is 4.90 Å². The number of fused-ring (bicyclic) bond motifs is 10. The predicted molar refractivity (Wildman–Crippen MR) is 218 cm³/mol. The van der Waals surface area contributed by atoms with E-state index in [1.54, 1.807) is 0 Å². The summed E-state index contributed by atoms with van der Waals surface area (Å²) >= 11 is 0. The molecule has 2 aliphatic rings. The summed E-state index contributed by atoms with van der Waals surface area (Å²) in [5.41, 5.74) is 10.8. The van der Waals surface area contributed by atoms with Crippen molar-refractivity contribution >= 4 is 77.9 Å². The minimum Gasteiger partial charge on any atom is -0.456 e. The lowest BCUT2D eigenvalue weighted by atomic mass is 10.0. The van der Waals surface area contributed by atoms with Gasteiger partial charge in [0.25, 0.3) is 0 Å². The van der Waals surface area contributed by atoms with Gasteiger partial charge in [-0.15, -0.1) is 0 Å². The zero-order chi connectivity index (χ0) is 35.3. The van der Waals surface area contributed by atoms with Crippen LogP contribution in [-0.2, 0) is 0 Å². The van der Waals surface area contributed by atoms with Crippen LogP contribution in [0.1, 0.15) is 0 Å². The van der Waals surface area contributed by atoms with E-state index in [1.165, 1.54) is 5.39 Å². The minimum atomic E-state index is 0.715. The van der Waals surface area contributed by atoms with Crippen molar-refractivity contribution in [2.75, 3.05) is 9.80 Å². The number of hydrogen-bond acceptors (Lipinski definition) is 5. The first-order valence-corrected chi connectivity index (χ1v) is 18.1. The van der Waals surface area contributed by atoms with Crippen molar-refractivity contribution in [3.8, 4) is 28.7 Å². The van der Waals surface area contributed by atoms with Gasteiger partial charge in [-0.1, -0.05) is 84.9 Å². The number of rotatable bonds is 4. The smallest absolute Gasteiger partial charge is 0.157 e. The van der Waals surface area contributed by atoms with Crippen molar-refractivity contribution < 1.29 is 13.9 Å². The molecule has 2 aliphatic heterocycles. The van der Waals surface area contributed by atoms with E-state index in [2.05, 4.69) is 136 Å². The molecule has 2 aromatic heterocycles. The number of benzene rings is 8. The predicted octanol–water partition coefficient (Wildman–Crippen LogP) is 13.8. The minimum absolute atomic E-state index is 0.715. The van der Waals surface area contributed by atoms with Gasteiger partial charge in [-0.25, -0.2) is 0 Å². The molecule has 12 rings (SSSR count). The van der Waals surface area contributed by atoms with E-state index in [0.29, 0.717) is 11.5 Å². The van der Waals surface area contributed by atoms with Gasteiger partial charge in [-0.2, -0.15) is 0 Å². The first-order valence-electron chi connectivity index (χ1n) is 18.1. The molecule has 0 saturated heterocycles. The lowest BCUT2D eigenvalue weighted by Crippen LogP contribution is -2.21. The summed E-state index contributed by atoms with van der Waals surface area (Å²) in [7, 11) is 0. The molecule has 0 fully saturated rings. The van der Waals surface area contributed by atoms with Crippen LogP contribution >= 0.6 is 0 Å². The summed E-state index contributed by atoms with van der Waals surface area (Å²) in [4.78, 5) is 4.57. The maximum atomic E-state index is 6.75. The van der Waals surface area contributed by atoms with Crippen LogP contribution in [0, 0.1) is 0 Å². The highest BCUT2D eigenvalue weighted by Gasteiger charge is 2.36. The SMILES string of the molecule is c1ccc(-n2c3ccccc3c3cc(N(c4cc5c6c(c4)Oc4ccccc4N6c4ccccc4O5)c4cccc5oc6ccccc6c45)ccc32)cc1. The maximum Gasteiger partial charge on any atom is 0.157 e. The van der Waals surface area contributed by atoms with Crippen LogP contribution < -0.4 is 19.3 Å². The molecule has 0 unspecified atom stereocenters. The normalized spacial score (nSPS) is 12.7. The summed E-state index contributed by atoms with van der Waals surface area (Å²) in [5.74, 6) is 3.00. The number of aromatic nitrogens is 1. The molecule has 0 radical (unpaired) electrons. The van der Waals surface area contributed by atoms with Crippen molar-refractivity contribution in [2.45, 2.75) is 0 Å². The van der Waals surface area contributed by atoms with Gasteiger partial charge in [0.2, 0.25) is 0 Å². The highest BCUT2D eigenvalue weighted by Crippen LogP contribution is 2.61. The van der Waals surface area contributed by atoms with E-state index in [4.69, 9.17) is 13.9 Å². The topological polar surface area (TPSA) is 43.0 Å². The molecule has 0 amide bonds. The van der Waals surface area contributed by atoms with E-state index < -0.39 is 0 Å². The van der Waals surface area contributed by atoms with Crippen LogP contribution in [0.25, 0.3) is 49.4 Å².